The average molecular weight is 505 g/mol. The summed E-state index contributed by atoms with van der Waals surface area (Å²) in [6, 6.07) is 11.4. The number of hydrogen-bond acceptors (Lipinski definition) is 8. The van der Waals surface area contributed by atoms with Gasteiger partial charge in [-0.1, -0.05) is 0 Å². The molecule has 0 saturated carbocycles. The molecule has 0 amide bonds. The van der Waals surface area contributed by atoms with Gasteiger partial charge in [-0.2, -0.15) is 16.8 Å². The first-order chi connectivity index (χ1) is 14.1. The van der Waals surface area contributed by atoms with Crippen LogP contribution in [0.5, 0.6) is 11.5 Å². The van der Waals surface area contributed by atoms with Gasteiger partial charge in [-0.3, -0.25) is 0 Å². The lowest BCUT2D eigenvalue weighted by Crippen LogP contribution is -2.29. The summed E-state index contributed by atoms with van der Waals surface area (Å²) in [6.45, 7) is 11.1. The quantitative estimate of drug-likeness (QED) is 0.269. The van der Waals surface area contributed by atoms with E-state index in [2.05, 4.69) is 0 Å². The molecule has 0 aliphatic rings. The van der Waals surface area contributed by atoms with Crippen molar-refractivity contribution >= 4 is 36.9 Å². The molecule has 0 atom stereocenters. The summed E-state index contributed by atoms with van der Waals surface area (Å²) in [6.07, 6.45) is 0. The molecule has 0 spiro atoms. The highest BCUT2D eigenvalue weighted by atomic mass is 32.2. The first-order valence-corrected chi connectivity index (χ1v) is 19.1. The second kappa shape index (κ2) is 9.42. The molecule has 2 aromatic carbocycles. The minimum atomic E-state index is -4.20. The zero-order chi connectivity index (χ0) is 23.5. The van der Waals surface area contributed by atoms with E-state index in [1.165, 1.54) is 48.5 Å². The highest BCUT2D eigenvalue weighted by Crippen LogP contribution is 2.22. The smallest absolute Gasteiger partial charge is 0.299 e. The predicted octanol–water partition coefficient (Wildman–Crippen LogP) is 4.18. The summed E-state index contributed by atoms with van der Waals surface area (Å²) < 4.78 is 70.1. The largest absolute Gasteiger partial charge is 0.544 e. The minimum absolute atomic E-state index is 0.135. The third-order valence-corrected chi connectivity index (χ3v) is 7.69. The van der Waals surface area contributed by atoms with Crippen molar-refractivity contribution in [1.82, 2.24) is 0 Å². The van der Waals surface area contributed by atoms with Gasteiger partial charge in [0.05, 0.1) is 9.79 Å². The Hall–Kier alpha value is -1.71. The Labute approximate surface area is 186 Å². The predicted molar refractivity (Wildman–Crippen MR) is 122 cm³/mol. The number of benzene rings is 2. The molecular formula is C19H28O8S2Si2. The molecule has 0 N–H and O–H groups in total. The lowest BCUT2D eigenvalue weighted by atomic mass is 10.3. The van der Waals surface area contributed by atoms with Crippen LogP contribution in [0.4, 0.5) is 0 Å². The Balaban J connectivity index is 1.99. The molecule has 0 aliphatic heterocycles. The van der Waals surface area contributed by atoms with Gasteiger partial charge in [-0.25, -0.2) is 8.37 Å². The van der Waals surface area contributed by atoms with E-state index in [-0.39, 0.29) is 9.79 Å². The molecule has 12 heteroatoms. The summed E-state index contributed by atoms with van der Waals surface area (Å²) >= 11 is 0. The molecule has 0 fully saturated rings. The van der Waals surface area contributed by atoms with Gasteiger partial charge in [-0.05, 0) is 87.8 Å². The second-order valence-corrected chi connectivity index (χ2v) is 20.7. The fraction of sp³-hybridized carbons (Fsp3) is 0.368. The van der Waals surface area contributed by atoms with Gasteiger partial charge in [0, 0.05) is 0 Å². The van der Waals surface area contributed by atoms with E-state index < -0.39 is 43.7 Å². The third kappa shape index (κ3) is 8.39. The average Bonchev–Trinajstić information content (AvgIpc) is 2.59. The van der Waals surface area contributed by atoms with Gasteiger partial charge >= 0.3 is 0 Å². The van der Waals surface area contributed by atoms with Gasteiger partial charge in [0.1, 0.15) is 11.5 Å². The summed E-state index contributed by atoms with van der Waals surface area (Å²) in [4.78, 5) is -0.270. The molecule has 0 aromatic heterocycles. The van der Waals surface area contributed by atoms with E-state index >= 15 is 0 Å². The number of hydrogen-bond donors (Lipinski definition) is 0. The molecule has 0 unspecified atom stereocenters. The molecule has 8 nitrogen and oxygen atoms in total. The molecule has 0 saturated heterocycles. The molecule has 0 heterocycles. The van der Waals surface area contributed by atoms with Crippen molar-refractivity contribution in [3.63, 3.8) is 0 Å². The van der Waals surface area contributed by atoms with Crippen molar-refractivity contribution < 1.29 is 34.1 Å². The summed E-state index contributed by atoms with van der Waals surface area (Å²) in [5, 5.41) is 0. The van der Waals surface area contributed by atoms with Crippen LogP contribution >= 0.6 is 0 Å². The monoisotopic (exact) mass is 504 g/mol. The van der Waals surface area contributed by atoms with Crippen molar-refractivity contribution in [3.05, 3.63) is 48.5 Å². The number of rotatable bonds is 10. The summed E-state index contributed by atoms with van der Waals surface area (Å²) in [5.74, 6) is 1.11. The van der Waals surface area contributed by atoms with E-state index in [0.29, 0.717) is 11.5 Å². The van der Waals surface area contributed by atoms with Crippen LogP contribution in [0, 0.1) is 0 Å². The first-order valence-electron chi connectivity index (χ1n) is 9.44. The molecule has 2 rings (SSSR count). The van der Waals surface area contributed by atoms with Gasteiger partial charge in [0.2, 0.25) is 16.6 Å². The van der Waals surface area contributed by atoms with E-state index in [0.717, 1.165) is 0 Å². The molecule has 0 radical (unpaired) electrons. The fourth-order valence-electron chi connectivity index (χ4n) is 2.34. The Morgan fingerprint density at radius 2 is 0.871 bits per heavy atom. The Morgan fingerprint density at radius 1 is 0.581 bits per heavy atom. The van der Waals surface area contributed by atoms with Gasteiger partial charge in [0.25, 0.3) is 20.2 Å². The highest BCUT2D eigenvalue weighted by molar-refractivity contribution is 7.87. The van der Waals surface area contributed by atoms with Crippen LogP contribution in [0.2, 0.25) is 39.3 Å². The minimum Gasteiger partial charge on any atom is -0.544 e. The molecule has 0 aliphatic carbocycles. The molecule has 172 valence electrons. The van der Waals surface area contributed by atoms with Crippen LogP contribution in [0.25, 0.3) is 0 Å². The van der Waals surface area contributed by atoms with Crippen molar-refractivity contribution in [3.8, 4) is 11.5 Å². The zero-order valence-electron chi connectivity index (χ0n) is 18.4. The summed E-state index contributed by atoms with van der Waals surface area (Å²) in [7, 11) is -12.1. The van der Waals surface area contributed by atoms with E-state index in [4.69, 9.17) is 17.2 Å². The lowest BCUT2D eigenvalue weighted by molar-refractivity contribution is 0.132. The van der Waals surface area contributed by atoms with Crippen LogP contribution in [0.3, 0.4) is 0 Å². The Morgan fingerprint density at radius 3 is 1.13 bits per heavy atom. The van der Waals surface area contributed by atoms with Gasteiger partial charge in [0.15, 0.2) is 6.79 Å². The van der Waals surface area contributed by atoms with Crippen LogP contribution in [-0.2, 0) is 28.6 Å². The molecule has 0 bridgehead atoms. The van der Waals surface area contributed by atoms with E-state index in [1.807, 2.05) is 39.3 Å². The maximum absolute atomic E-state index is 12.3. The maximum atomic E-state index is 12.3. The van der Waals surface area contributed by atoms with Gasteiger partial charge < -0.3 is 8.85 Å². The van der Waals surface area contributed by atoms with Crippen molar-refractivity contribution in [2.45, 2.75) is 49.1 Å². The normalized spacial score (nSPS) is 13.1. The third-order valence-electron chi connectivity index (χ3n) is 3.48. The van der Waals surface area contributed by atoms with E-state index in [1.54, 1.807) is 0 Å². The summed E-state index contributed by atoms with van der Waals surface area (Å²) in [5.41, 5.74) is 0. The Kier molecular flexibility index (Phi) is 7.77. The molecular weight excluding hydrogens is 477 g/mol. The highest BCUT2D eigenvalue weighted by Gasteiger charge is 2.22. The standard InChI is InChI=1S/C19H28O8S2Si2/c1-30(2,3)26-16-7-11-18(12-8-16)28(20,21)24-15-25-29(22,23)19-13-9-17(10-14-19)27-31(4,5)6/h7-14H,15H2,1-6H3. The van der Waals surface area contributed by atoms with Crippen molar-refractivity contribution in [2.75, 3.05) is 6.79 Å². The maximum Gasteiger partial charge on any atom is 0.299 e. The SMILES string of the molecule is C[Si](C)(C)Oc1ccc(S(=O)(=O)OCOS(=O)(=O)c2ccc(O[Si](C)(C)C)cc2)cc1. The van der Waals surface area contributed by atoms with E-state index in [9.17, 15) is 16.8 Å². The Bertz CT molecular complexity index is 994. The molecule has 31 heavy (non-hydrogen) atoms. The lowest BCUT2D eigenvalue weighted by Gasteiger charge is -2.19. The fourth-order valence-corrected chi connectivity index (χ4v) is 5.65. The first kappa shape index (κ1) is 25.6. The van der Waals surface area contributed by atoms with Crippen LogP contribution < -0.4 is 8.85 Å². The van der Waals surface area contributed by atoms with Crippen molar-refractivity contribution in [1.29, 1.82) is 0 Å². The van der Waals surface area contributed by atoms with Crippen LogP contribution in [0.15, 0.2) is 58.3 Å². The molecule has 2 aromatic rings. The second-order valence-electron chi connectivity index (χ2n) is 8.63. The van der Waals surface area contributed by atoms with Crippen molar-refractivity contribution in [2.24, 2.45) is 0 Å². The van der Waals surface area contributed by atoms with Crippen LogP contribution in [-0.4, -0.2) is 40.3 Å². The topological polar surface area (TPSA) is 105 Å². The van der Waals surface area contributed by atoms with Gasteiger partial charge in [-0.15, -0.1) is 0 Å². The van der Waals surface area contributed by atoms with Crippen LogP contribution in [0.1, 0.15) is 0 Å². The zero-order valence-corrected chi connectivity index (χ0v) is 22.0.